The van der Waals surface area contributed by atoms with Crippen molar-refractivity contribution in [2.45, 2.75) is 13.5 Å². The van der Waals surface area contributed by atoms with Gasteiger partial charge >= 0.3 is 0 Å². The van der Waals surface area contributed by atoms with E-state index in [9.17, 15) is 4.79 Å². The van der Waals surface area contributed by atoms with Gasteiger partial charge in [0.05, 0.1) is 12.8 Å². The largest absolute Gasteiger partial charge is 0.497 e. The zero-order valence-electron chi connectivity index (χ0n) is 16.3. The van der Waals surface area contributed by atoms with Crippen LogP contribution >= 0.6 is 0 Å². The molecule has 0 atom stereocenters. The molecular formula is C23H21N3O3. The number of hydrogen-bond donors (Lipinski definition) is 1. The molecular weight excluding hydrogens is 366 g/mol. The lowest BCUT2D eigenvalue weighted by Gasteiger charge is -2.08. The van der Waals surface area contributed by atoms with Gasteiger partial charge in [0.2, 0.25) is 0 Å². The average Bonchev–Trinajstić information content (AvgIpc) is 3.15. The second-order valence-electron chi connectivity index (χ2n) is 6.70. The van der Waals surface area contributed by atoms with Gasteiger partial charge in [0, 0.05) is 23.6 Å². The predicted molar refractivity (Wildman–Crippen MR) is 112 cm³/mol. The summed E-state index contributed by atoms with van der Waals surface area (Å²) < 4.78 is 12.9. The number of benzene rings is 2. The third-order valence-corrected chi connectivity index (χ3v) is 4.50. The number of ether oxygens (including phenoxy) is 2. The van der Waals surface area contributed by atoms with Crippen LogP contribution in [-0.2, 0) is 6.61 Å². The summed E-state index contributed by atoms with van der Waals surface area (Å²) in [7, 11) is 1.60. The molecule has 1 amide bonds. The number of fused-ring (bicyclic) bond motifs is 1. The third kappa shape index (κ3) is 4.38. The van der Waals surface area contributed by atoms with Crippen molar-refractivity contribution in [2.24, 2.45) is 0 Å². The molecule has 0 aliphatic carbocycles. The molecule has 0 saturated heterocycles. The highest BCUT2D eigenvalue weighted by Gasteiger charge is 2.08. The van der Waals surface area contributed by atoms with Gasteiger partial charge in [0.1, 0.15) is 23.8 Å². The molecule has 6 heteroatoms. The van der Waals surface area contributed by atoms with Crippen LogP contribution in [0, 0.1) is 6.92 Å². The standard InChI is InChI=1S/C23H21N3O3/c1-16-3-12-22-24-19(14-26(22)13-16)15-29-21-8-4-17(5-9-21)23(27)25-18-6-10-20(28-2)11-7-18/h3-14H,15H2,1-2H3,(H,25,27). The van der Waals surface area contributed by atoms with Gasteiger partial charge in [-0.1, -0.05) is 6.07 Å². The van der Waals surface area contributed by atoms with Gasteiger partial charge < -0.3 is 19.2 Å². The van der Waals surface area contributed by atoms with Crippen molar-refractivity contribution in [3.8, 4) is 11.5 Å². The van der Waals surface area contributed by atoms with E-state index in [0.717, 1.165) is 17.1 Å². The second-order valence-corrected chi connectivity index (χ2v) is 6.70. The number of carbonyl (C=O) groups is 1. The molecule has 6 nitrogen and oxygen atoms in total. The van der Waals surface area contributed by atoms with E-state index in [-0.39, 0.29) is 5.91 Å². The first-order chi connectivity index (χ1) is 14.1. The first-order valence-corrected chi connectivity index (χ1v) is 9.23. The van der Waals surface area contributed by atoms with Crippen molar-refractivity contribution in [3.63, 3.8) is 0 Å². The normalized spacial score (nSPS) is 10.7. The minimum absolute atomic E-state index is 0.183. The Balaban J connectivity index is 1.36. The lowest BCUT2D eigenvalue weighted by Crippen LogP contribution is -2.11. The maximum atomic E-state index is 12.4. The topological polar surface area (TPSA) is 64.9 Å². The molecule has 0 aliphatic heterocycles. The lowest BCUT2D eigenvalue weighted by atomic mass is 10.2. The number of amides is 1. The van der Waals surface area contributed by atoms with Crippen LogP contribution in [0.5, 0.6) is 11.5 Å². The van der Waals surface area contributed by atoms with Crippen LogP contribution in [0.15, 0.2) is 73.1 Å². The molecule has 2 heterocycles. The van der Waals surface area contributed by atoms with Crippen LogP contribution in [0.4, 0.5) is 5.69 Å². The van der Waals surface area contributed by atoms with Crippen LogP contribution < -0.4 is 14.8 Å². The fourth-order valence-corrected chi connectivity index (χ4v) is 2.96. The summed E-state index contributed by atoms with van der Waals surface area (Å²) in [5.74, 6) is 1.24. The van der Waals surface area contributed by atoms with Crippen LogP contribution in [0.2, 0.25) is 0 Å². The predicted octanol–water partition coefficient (Wildman–Crippen LogP) is 4.48. The quantitative estimate of drug-likeness (QED) is 0.530. The molecule has 0 spiro atoms. The lowest BCUT2D eigenvalue weighted by molar-refractivity contribution is 0.102. The number of aromatic nitrogens is 2. The third-order valence-electron chi connectivity index (χ3n) is 4.50. The van der Waals surface area contributed by atoms with Crippen LogP contribution in [0.1, 0.15) is 21.6 Å². The van der Waals surface area contributed by atoms with Gasteiger partial charge in [-0.2, -0.15) is 0 Å². The Morgan fingerprint density at radius 3 is 2.41 bits per heavy atom. The van der Waals surface area contributed by atoms with Gasteiger partial charge in [-0.15, -0.1) is 0 Å². The minimum Gasteiger partial charge on any atom is -0.497 e. The van der Waals surface area contributed by atoms with Gasteiger partial charge in [-0.3, -0.25) is 4.79 Å². The van der Waals surface area contributed by atoms with Crippen LogP contribution in [-0.4, -0.2) is 22.4 Å². The Morgan fingerprint density at radius 1 is 0.966 bits per heavy atom. The fraction of sp³-hybridized carbons (Fsp3) is 0.130. The Bertz CT molecular complexity index is 1130. The van der Waals surface area contributed by atoms with E-state index in [4.69, 9.17) is 9.47 Å². The smallest absolute Gasteiger partial charge is 0.255 e. The molecule has 0 saturated carbocycles. The first kappa shape index (κ1) is 18.6. The van der Waals surface area contributed by atoms with E-state index in [1.165, 1.54) is 5.56 Å². The van der Waals surface area contributed by atoms with Crippen molar-refractivity contribution in [1.82, 2.24) is 9.38 Å². The molecule has 2 aromatic carbocycles. The van der Waals surface area contributed by atoms with E-state index in [2.05, 4.69) is 10.3 Å². The molecule has 4 rings (SSSR count). The van der Waals surface area contributed by atoms with Crippen LogP contribution in [0.3, 0.4) is 0 Å². The van der Waals surface area contributed by atoms with E-state index in [1.807, 2.05) is 35.9 Å². The number of methoxy groups -OCH3 is 1. The summed E-state index contributed by atoms with van der Waals surface area (Å²) in [5.41, 5.74) is 4.16. The van der Waals surface area contributed by atoms with Crippen molar-refractivity contribution >= 4 is 17.2 Å². The van der Waals surface area contributed by atoms with Gasteiger partial charge in [0.25, 0.3) is 5.91 Å². The zero-order chi connectivity index (χ0) is 20.2. The summed E-state index contributed by atoms with van der Waals surface area (Å²) in [6, 6.07) is 18.2. The molecule has 0 bridgehead atoms. The number of hydrogen-bond acceptors (Lipinski definition) is 4. The molecule has 0 fully saturated rings. The zero-order valence-corrected chi connectivity index (χ0v) is 16.3. The van der Waals surface area contributed by atoms with Crippen molar-refractivity contribution in [1.29, 1.82) is 0 Å². The summed E-state index contributed by atoms with van der Waals surface area (Å²) in [6.45, 7) is 2.40. The Labute approximate surface area is 168 Å². The summed E-state index contributed by atoms with van der Waals surface area (Å²) in [6.07, 6.45) is 3.99. The average molecular weight is 387 g/mol. The molecule has 2 aromatic heterocycles. The number of nitrogens with one attached hydrogen (secondary N) is 1. The molecule has 1 N–H and O–H groups in total. The first-order valence-electron chi connectivity index (χ1n) is 9.23. The van der Waals surface area contributed by atoms with Gasteiger partial charge in [-0.05, 0) is 67.1 Å². The van der Waals surface area contributed by atoms with E-state index in [0.29, 0.717) is 23.6 Å². The summed E-state index contributed by atoms with van der Waals surface area (Å²) in [4.78, 5) is 16.9. The number of nitrogens with zero attached hydrogens (tertiary/aromatic N) is 2. The molecule has 0 aliphatic rings. The number of pyridine rings is 1. The highest BCUT2D eigenvalue weighted by molar-refractivity contribution is 6.04. The monoisotopic (exact) mass is 387 g/mol. The van der Waals surface area contributed by atoms with Crippen molar-refractivity contribution < 1.29 is 14.3 Å². The molecule has 0 radical (unpaired) electrons. The number of anilines is 1. The molecule has 146 valence electrons. The number of rotatable bonds is 6. The van der Waals surface area contributed by atoms with Crippen molar-refractivity contribution in [3.05, 3.63) is 89.9 Å². The molecule has 0 unspecified atom stereocenters. The Morgan fingerprint density at radius 2 is 1.69 bits per heavy atom. The van der Waals surface area contributed by atoms with E-state index < -0.39 is 0 Å². The number of imidazole rings is 1. The van der Waals surface area contributed by atoms with E-state index >= 15 is 0 Å². The SMILES string of the molecule is COc1ccc(NC(=O)c2ccc(OCc3cn4cc(C)ccc4n3)cc2)cc1. The maximum absolute atomic E-state index is 12.4. The Kier molecular flexibility index (Phi) is 5.16. The molecule has 29 heavy (non-hydrogen) atoms. The second kappa shape index (κ2) is 8.06. The van der Waals surface area contributed by atoms with E-state index in [1.54, 1.807) is 55.6 Å². The number of carbonyl (C=O) groups excluding carboxylic acids is 1. The highest BCUT2D eigenvalue weighted by atomic mass is 16.5. The minimum atomic E-state index is -0.183. The Hall–Kier alpha value is -3.80. The fourth-order valence-electron chi connectivity index (χ4n) is 2.96. The molecule has 4 aromatic rings. The van der Waals surface area contributed by atoms with Crippen LogP contribution in [0.25, 0.3) is 5.65 Å². The summed E-state index contributed by atoms with van der Waals surface area (Å²) >= 11 is 0. The van der Waals surface area contributed by atoms with Gasteiger partial charge in [-0.25, -0.2) is 4.98 Å². The highest BCUT2D eigenvalue weighted by Crippen LogP contribution is 2.18. The summed E-state index contributed by atoms with van der Waals surface area (Å²) in [5, 5.41) is 2.86. The van der Waals surface area contributed by atoms with Gasteiger partial charge in [0.15, 0.2) is 0 Å². The number of aryl methyl sites for hydroxylation is 1. The maximum Gasteiger partial charge on any atom is 0.255 e. The van der Waals surface area contributed by atoms with Crippen molar-refractivity contribution in [2.75, 3.05) is 12.4 Å².